The number of hydrogen-bond acceptors (Lipinski definition) is 4. The minimum atomic E-state index is 0.0416. The van der Waals surface area contributed by atoms with Gasteiger partial charge in [-0.3, -0.25) is 9.89 Å². The highest BCUT2D eigenvalue weighted by atomic mass is 16.5. The third kappa shape index (κ3) is 8.85. The smallest absolute Gasteiger partial charge is 0.191 e. The standard InChI is InChI=1S/C18H38N4O2/c1-6-19-17(20-8-12-23-11-7-16(2)3)21-15-18(4,5)22-9-13-24-14-10-22/h16H,6-15H2,1-5H3,(H2,19,20,21). The number of morpholine rings is 1. The van der Waals surface area contributed by atoms with E-state index in [2.05, 4.69) is 50.2 Å². The molecule has 1 aliphatic rings. The van der Waals surface area contributed by atoms with Gasteiger partial charge < -0.3 is 20.1 Å². The number of rotatable bonds is 10. The van der Waals surface area contributed by atoms with Gasteiger partial charge in [0, 0.05) is 38.3 Å². The van der Waals surface area contributed by atoms with Crippen LogP contribution in [0.5, 0.6) is 0 Å². The van der Waals surface area contributed by atoms with E-state index in [0.29, 0.717) is 12.5 Å². The molecule has 2 N–H and O–H groups in total. The highest BCUT2D eigenvalue weighted by molar-refractivity contribution is 5.79. The second-order valence-electron chi connectivity index (χ2n) is 7.33. The third-order valence-corrected chi connectivity index (χ3v) is 4.21. The van der Waals surface area contributed by atoms with Gasteiger partial charge in [-0.25, -0.2) is 0 Å². The number of hydrogen-bond donors (Lipinski definition) is 2. The van der Waals surface area contributed by atoms with Crippen LogP contribution >= 0.6 is 0 Å². The average Bonchev–Trinajstić information content (AvgIpc) is 2.56. The minimum Gasteiger partial charge on any atom is -0.380 e. The molecule has 0 aliphatic carbocycles. The van der Waals surface area contributed by atoms with Crippen LogP contribution in [0.4, 0.5) is 0 Å². The first-order chi connectivity index (χ1) is 11.5. The molecule has 1 fully saturated rings. The van der Waals surface area contributed by atoms with Crippen LogP contribution in [-0.2, 0) is 9.47 Å². The predicted octanol–water partition coefficient (Wildman–Crippen LogP) is 1.72. The van der Waals surface area contributed by atoms with E-state index < -0.39 is 0 Å². The van der Waals surface area contributed by atoms with E-state index >= 15 is 0 Å². The van der Waals surface area contributed by atoms with E-state index in [1.807, 2.05) is 0 Å². The molecule has 1 heterocycles. The summed E-state index contributed by atoms with van der Waals surface area (Å²) in [5.74, 6) is 1.56. The second-order valence-corrected chi connectivity index (χ2v) is 7.33. The zero-order valence-electron chi connectivity index (χ0n) is 16.4. The Hall–Kier alpha value is -0.850. The summed E-state index contributed by atoms with van der Waals surface area (Å²) in [6, 6.07) is 0. The molecule has 24 heavy (non-hydrogen) atoms. The van der Waals surface area contributed by atoms with Crippen molar-refractivity contribution in [1.29, 1.82) is 0 Å². The topological polar surface area (TPSA) is 58.1 Å². The van der Waals surface area contributed by atoms with Gasteiger partial charge in [-0.15, -0.1) is 0 Å². The summed E-state index contributed by atoms with van der Waals surface area (Å²) in [6.07, 6.45) is 1.11. The maximum Gasteiger partial charge on any atom is 0.191 e. The molecule has 0 unspecified atom stereocenters. The Balaban J connectivity index is 2.35. The molecule has 0 atom stereocenters. The van der Waals surface area contributed by atoms with Crippen molar-refractivity contribution in [1.82, 2.24) is 15.5 Å². The first kappa shape index (κ1) is 21.2. The van der Waals surface area contributed by atoms with E-state index in [1.54, 1.807) is 0 Å². The zero-order chi connectivity index (χ0) is 17.8. The minimum absolute atomic E-state index is 0.0416. The predicted molar refractivity (Wildman–Crippen MR) is 101 cm³/mol. The van der Waals surface area contributed by atoms with Crippen LogP contribution in [0.25, 0.3) is 0 Å². The maximum atomic E-state index is 5.65. The van der Waals surface area contributed by atoms with E-state index in [-0.39, 0.29) is 5.54 Å². The summed E-state index contributed by atoms with van der Waals surface area (Å²) < 4.78 is 11.1. The average molecular weight is 343 g/mol. The van der Waals surface area contributed by atoms with Crippen molar-refractivity contribution in [2.24, 2.45) is 10.9 Å². The lowest BCUT2D eigenvalue weighted by Crippen LogP contribution is -2.52. The Morgan fingerprint density at radius 1 is 1.21 bits per heavy atom. The van der Waals surface area contributed by atoms with Crippen molar-refractivity contribution >= 4 is 5.96 Å². The Bertz CT molecular complexity index is 353. The lowest BCUT2D eigenvalue weighted by Gasteiger charge is -2.39. The molecular weight excluding hydrogens is 304 g/mol. The van der Waals surface area contributed by atoms with E-state index in [1.165, 1.54) is 0 Å². The molecule has 0 radical (unpaired) electrons. The van der Waals surface area contributed by atoms with E-state index in [0.717, 1.165) is 64.9 Å². The van der Waals surface area contributed by atoms with Gasteiger partial charge in [0.1, 0.15) is 0 Å². The molecule has 6 nitrogen and oxygen atoms in total. The number of nitrogens with one attached hydrogen (secondary N) is 2. The highest BCUT2D eigenvalue weighted by Gasteiger charge is 2.27. The largest absolute Gasteiger partial charge is 0.380 e. The molecule has 0 amide bonds. The van der Waals surface area contributed by atoms with Crippen molar-refractivity contribution in [3.63, 3.8) is 0 Å². The number of guanidine groups is 1. The second kappa shape index (κ2) is 11.7. The molecule has 0 aromatic heterocycles. The van der Waals surface area contributed by atoms with Crippen LogP contribution in [-0.4, -0.2) is 75.5 Å². The normalized spacial score (nSPS) is 17.3. The van der Waals surface area contributed by atoms with Gasteiger partial charge in [0.25, 0.3) is 0 Å². The lowest BCUT2D eigenvalue weighted by molar-refractivity contribution is -0.00684. The number of nitrogens with zero attached hydrogens (tertiary/aromatic N) is 2. The van der Waals surface area contributed by atoms with Crippen LogP contribution < -0.4 is 10.6 Å². The molecule has 1 saturated heterocycles. The monoisotopic (exact) mass is 342 g/mol. The quantitative estimate of drug-likeness (QED) is 0.360. The maximum absolute atomic E-state index is 5.65. The van der Waals surface area contributed by atoms with Crippen LogP contribution in [0.3, 0.4) is 0 Å². The Morgan fingerprint density at radius 2 is 1.92 bits per heavy atom. The molecule has 0 saturated carbocycles. The summed E-state index contributed by atoms with van der Waals surface area (Å²) in [6.45, 7) is 18.6. The third-order valence-electron chi connectivity index (χ3n) is 4.21. The van der Waals surface area contributed by atoms with Crippen molar-refractivity contribution in [2.75, 3.05) is 59.2 Å². The molecule has 142 valence electrons. The van der Waals surface area contributed by atoms with Crippen molar-refractivity contribution < 1.29 is 9.47 Å². The molecule has 0 aromatic carbocycles. The first-order valence-electron chi connectivity index (χ1n) is 9.38. The van der Waals surface area contributed by atoms with Crippen molar-refractivity contribution in [2.45, 2.75) is 46.6 Å². The van der Waals surface area contributed by atoms with Gasteiger partial charge in [-0.2, -0.15) is 0 Å². The van der Waals surface area contributed by atoms with Gasteiger partial charge >= 0.3 is 0 Å². The van der Waals surface area contributed by atoms with Gasteiger partial charge in [-0.1, -0.05) is 13.8 Å². The van der Waals surface area contributed by atoms with Gasteiger partial charge in [0.05, 0.1) is 26.4 Å². The zero-order valence-corrected chi connectivity index (χ0v) is 16.4. The number of ether oxygens (including phenoxy) is 2. The van der Waals surface area contributed by atoms with Gasteiger partial charge in [0.15, 0.2) is 5.96 Å². The molecule has 1 rings (SSSR count). The molecule has 0 bridgehead atoms. The molecule has 0 aromatic rings. The van der Waals surface area contributed by atoms with Gasteiger partial charge in [0.2, 0.25) is 0 Å². The van der Waals surface area contributed by atoms with Crippen LogP contribution in [0, 0.1) is 5.92 Å². The Kier molecular flexibility index (Phi) is 10.3. The number of aliphatic imine (C=N–C) groups is 1. The summed E-state index contributed by atoms with van der Waals surface area (Å²) in [4.78, 5) is 7.22. The van der Waals surface area contributed by atoms with Crippen molar-refractivity contribution in [3.8, 4) is 0 Å². The fraction of sp³-hybridized carbons (Fsp3) is 0.944. The summed E-state index contributed by atoms with van der Waals surface area (Å²) in [5, 5.41) is 6.66. The van der Waals surface area contributed by atoms with Gasteiger partial charge in [-0.05, 0) is 33.1 Å². The molecular formula is C18H38N4O2. The molecule has 6 heteroatoms. The highest BCUT2D eigenvalue weighted by Crippen LogP contribution is 2.16. The van der Waals surface area contributed by atoms with Crippen molar-refractivity contribution in [3.05, 3.63) is 0 Å². The summed E-state index contributed by atoms with van der Waals surface area (Å²) in [5.41, 5.74) is 0.0416. The fourth-order valence-corrected chi connectivity index (χ4v) is 2.55. The Morgan fingerprint density at radius 3 is 2.54 bits per heavy atom. The fourth-order valence-electron chi connectivity index (χ4n) is 2.55. The van der Waals surface area contributed by atoms with Crippen LogP contribution in [0.15, 0.2) is 4.99 Å². The molecule has 1 aliphatic heterocycles. The van der Waals surface area contributed by atoms with E-state index in [9.17, 15) is 0 Å². The molecule has 0 spiro atoms. The first-order valence-corrected chi connectivity index (χ1v) is 9.38. The summed E-state index contributed by atoms with van der Waals surface area (Å²) >= 11 is 0. The van der Waals surface area contributed by atoms with Crippen LogP contribution in [0.2, 0.25) is 0 Å². The van der Waals surface area contributed by atoms with E-state index in [4.69, 9.17) is 14.5 Å². The van der Waals surface area contributed by atoms with Crippen LogP contribution in [0.1, 0.15) is 41.0 Å². The summed E-state index contributed by atoms with van der Waals surface area (Å²) in [7, 11) is 0. The lowest BCUT2D eigenvalue weighted by atomic mass is 10.0. The Labute approximate surface area is 148 Å². The SMILES string of the molecule is CCNC(=NCC(C)(C)N1CCOCC1)NCCOCCC(C)C.